The van der Waals surface area contributed by atoms with Crippen LogP contribution in [0.1, 0.15) is 90.1 Å². The van der Waals surface area contributed by atoms with Gasteiger partial charge in [0, 0.05) is 61.8 Å². The Morgan fingerprint density at radius 1 is 0.750 bits per heavy atom. The van der Waals surface area contributed by atoms with Crippen molar-refractivity contribution in [3.8, 4) is 5.75 Å². The highest BCUT2D eigenvalue weighted by molar-refractivity contribution is 7.98. The molecule has 328 valence electrons. The Morgan fingerprint density at radius 3 is 1.73 bits per heavy atom. The van der Waals surface area contributed by atoms with Crippen LogP contribution in [0.3, 0.4) is 0 Å². The van der Waals surface area contributed by atoms with Crippen molar-refractivity contribution in [2.24, 2.45) is 35.3 Å². The van der Waals surface area contributed by atoms with E-state index in [1.165, 1.54) is 43.5 Å². The summed E-state index contributed by atoms with van der Waals surface area (Å²) >= 11 is 1.48. The van der Waals surface area contributed by atoms with Crippen molar-refractivity contribution in [1.29, 1.82) is 0 Å². The number of rotatable bonds is 28. The van der Waals surface area contributed by atoms with E-state index in [0.29, 0.717) is 30.0 Å². The van der Waals surface area contributed by atoms with Crippen LogP contribution in [0.25, 0.3) is 0 Å². The second-order valence-corrected chi connectivity index (χ2v) is 17.1. The second-order valence-electron chi connectivity index (χ2n) is 16.1. The summed E-state index contributed by atoms with van der Waals surface area (Å²) in [4.78, 5) is 109. The van der Waals surface area contributed by atoms with Gasteiger partial charge in [0.15, 0.2) is 11.6 Å². The van der Waals surface area contributed by atoms with E-state index in [2.05, 4.69) is 35.9 Å². The average molecular weight is 851 g/mol. The zero-order chi connectivity index (χ0) is 44.4. The Kier molecular flexibility index (Phi) is 20.2. The van der Waals surface area contributed by atoms with E-state index in [1.807, 2.05) is 34.0 Å². The molecular formula is C43H62N8O8S. The zero-order valence-corrected chi connectivity index (χ0v) is 36.3. The van der Waals surface area contributed by atoms with Crippen LogP contribution in [0, 0.1) is 29.6 Å². The highest BCUT2D eigenvalue weighted by Crippen LogP contribution is 2.22. The normalized spacial score (nSPS) is 14.8. The number of H-pyrrole nitrogens is 2. The van der Waals surface area contributed by atoms with E-state index < -0.39 is 71.1 Å². The van der Waals surface area contributed by atoms with Gasteiger partial charge in [-0.15, -0.1) is 0 Å². The van der Waals surface area contributed by atoms with Crippen LogP contribution in [0.5, 0.6) is 5.75 Å². The van der Waals surface area contributed by atoms with Gasteiger partial charge >= 0.3 is 0 Å². The molecule has 0 bridgehead atoms. The first-order valence-corrected chi connectivity index (χ1v) is 21.9. The van der Waals surface area contributed by atoms with Crippen LogP contribution in [-0.4, -0.2) is 96.2 Å². The first kappa shape index (κ1) is 49.0. The molecule has 0 aliphatic carbocycles. The lowest BCUT2D eigenvalue weighted by Gasteiger charge is -2.28. The molecule has 2 aromatic heterocycles. The lowest BCUT2D eigenvalue weighted by molar-refractivity contribution is -0.136. The molecule has 16 nitrogen and oxygen atoms in total. The molecule has 17 heteroatoms. The van der Waals surface area contributed by atoms with Gasteiger partial charge in [0.1, 0.15) is 17.6 Å². The van der Waals surface area contributed by atoms with Crippen LogP contribution in [0.15, 0.2) is 49.3 Å². The van der Waals surface area contributed by atoms with Gasteiger partial charge in [-0.25, -0.2) is 9.97 Å². The number of carbonyl (C=O) groups is 7. The summed E-state index contributed by atoms with van der Waals surface area (Å²) in [6, 6.07) is 3.41. The number of imidazole rings is 2. The summed E-state index contributed by atoms with van der Waals surface area (Å²) in [6.45, 7) is 8.90. The van der Waals surface area contributed by atoms with Gasteiger partial charge in [-0.05, 0) is 67.7 Å². The molecule has 4 amide bonds. The summed E-state index contributed by atoms with van der Waals surface area (Å²) < 4.78 is 0. The number of aromatic hydroxyl groups is 1. The summed E-state index contributed by atoms with van der Waals surface area (Å²) in [5.41, 5.74) is 7.52. The number of carbonyl (C=O) groups excluding carboxylic acids is 7. The van der Waals surface area contributed by atoms with E-state index in [1.54, 1.807) is 24.5 Å². The second kappa shape index (κ2) is 24.7. The molecule has 1 aromatic carbocycles. The number of benzene rings is 1. The van der Waals surface area contributed by atoms with Gasteiger partial charge in [-0.2, -0.15) is 11.8 Å². The quantitative estimate of drug-likeness (QED) is 0.0557. The molecule has 60 heavy (non-hydrogen) atoms. The minimum Gasteiger partial charge on any atom is -0.508 e. The number of nitrogens with zero attached hydrogens (tertiary/aromatic N) is 2. The van der Waals surface area contributed by atoms with Crippen molar-refractivity contribution in [3.63, 3.8) is 0 Å². The third kappa shape index (κ3) is 16.4. The molecule has 0 saturated heterocycles. The standard InChI is InChI=1S/C43H62N8O8S/c1-7-26(4)39(51-43(59)29(15-27(5)52)16-28-8-10-34(53)11-9-28)38(55)20-31(18-33-22-46-24-48-33)41(57)49-35(12-13-60-6)37(54)19-30(17-32-21-45-23-47-32)42(58)50-36(40(44)56)14-25(2)3/h8-11,21-26,29-31,35-36,39,53H,7,12-20H2,1-6H3,(H2,44,56)(H,45,47)(H,46,48)(H,49,57)(H,50,58)(H,51,59)/t26-,29-,30+,31+,35-,36-,39-/m0/s1. The summed E-state index contributed by atoms with van der Waals surface area (Å²) in [5, 5.41) is 18.3. The van der Waals surface area contributed by atoms with Gasteiger partial charge in [0.05, 0.1) is 36.6 Å². The maximum absolute atomic E-state index is 14.3. The lowest BCUT2D eigenvalue weighted by atomic mass is 9.86. The van der Waals surface area contributed by atoms with Crippen molar-refractivity contribution in [3.05, 3.63) is 66.3 Å². The molecule has 0 saturated carbocycles. The number of hydrogen-bond donors (Lipinski definition) is 7. The molecule has 0 aliphatic rings. The maximum Gasteiger partial charge on any atom is 0.240 e. The molecular weight excluding hydrogens is 789 g/mol. The first-order valence-electron chi connectivity index (χ1n) is 20.5. The molecule has 7 atom stereocenters. The van der Waals surface area contributed by atoms with Crippen molar-refractivity contribution in [2.45, 2.75) is 111 Å². The fourth-order valence-electron chi connectivity index (χ4n) is 7.01. The number of primary amides is 1. The number of amides is 4. The van der Waals surface area contributed by atoms with Crippen LogP contribution in [0.2, 0.25) is 0 Å². The predicted molar refractivity (Wildman–Crippen MR) is 228 cm³/mol. The SMILES string of the molecule is CC[C@H](C)[C@H](NC(=O)[C@@H](CC(C)=O)Cc1ccc(O)cc1)C(=O)C[C@@H](Cc1cnc[nH]1)C(=O)N[C@@H](CCSC)C(=O)C[C@@H](Cc1cnc[nH]1)C(=O)N[C@@H](CC(C)C)C(N)=O. The molecule has 8 N–H and O–H groups in total. The van der Waals surface area contributed by atoms with Crippen molar-refractivity contribution < 1.29 is 38.7 Å². The molecule has 0 unspecified atom stereocenters. The Balaban J connectivity index is 1.87. The van der Waals surface area contributed by atoms with E-state index in [0.717, 1.165) is 5.56 Å². The minimum absolute atomic E-state index is 0.0557. The number of Topliss-reactive ketones (excluding diaryl/α,β-unsaturated/α-hetero) is 3. The zero-order valence-electron chi connectivity index (χ0n) is 35.5. The third-order valence-corrected chi connectivity index (χ3v) is 11.2. The molecule has 0 spiro atoms. The summed E-state index contributed by atoms with van der Waals surface area (Å²) in [7, 11) is 0. The number of hydrogen-bond acceptors (Lipinski definition) is 11. The predicted octanol–water partition coefficient (Wildman–Crippen LogP) is 3.40. The highest BCUT2D eigenvalue weighted by atomic mass is 32.2. The molecule has 3 rings (SSSR count). The molecule has 0 fully saturated rings. The third-order valence-electron chi connectivity index (χ3n) is 10.5. The van der Waals surface area contributed by atoms with E-state index in [9.17, 15) is 38.7 Å². The Bertz CT molecular complexity index is 1850. The number of phenols is 1. The minimum atomic E-state index is -1.01. The number of ketones is 3. The van der Waals surface area contributed by atoms with Crippen LogP contribution < -0.4 is 21.7 Å². The first-order chi connectivity index (χ1) is 28.5. The van der Waals surface area contributed by atoms with Crippen molar-refractivity contribution >= 4 is 52.7 Å². The van der Waals surface area contributed by atoms with Gasteiger partial charge < -0.3 is 41.6 Å². The molecule has 0 radical (unpaired) electrons. The lowest BCUT2D eigenvalue weighted by Crippen LogP contribution is -2.50. The molecule has 0 aliphatic heterocycles. The van der Waals surface area contributed by atoms with Gasteiger partial charge in [-0.3, -0.25) is 28.8 Å². The maximum atomic E-state index is 14.3. The Morgan fingerprint density at radius 2 is 1.27 bits per heavy atom. The van der Waals surface area contributed by atoms with Crippen molar-refractivity contribution in [2.75, 3.05) is 12.0 Å². The topological polar surface area (TPSA) is 259 Å². The number of nitrogens with two attached hydrogens (primary N) is 1. The van der Waals surface area contributed by atoms with Crippen LogP contribution >= 0.6 is 11.8 Å². The van der Waals surface area contributed by atoms with Gasteiger partial charge in [-0.1, -0.05) is 46.2 Å². The fraction of sp³-hybridized carbons (Fsp3) is 0.558. The van der Waals surface area contributed by atoms with E-state index in [4.69, 9.17) is 5.73 Å². The average Bonchev–Trinajstić information content (AvgIpc) is 3.92. The van der Waals surface area contributed by atoms with Gasteiger partial charge in [0.25, 0.3) is 0 Å². The number of nitrogens with one attached hydrogen (secondary N) is 5. The Hall–Kier alpha value is -5.32. The van der Waals surface area contributed by atoms with Crippen molar-refractivity contribution in [1.82, 2.24) is 35.9 Å². The van der Waals surface area contributed by atoms with Crippen LogP contribution in [0.4, 0.5) is 0 Å². The van der Waals surface area contributed by atoms with E-state index >= 15 is 0 Å². The monoisotopic (exact) mass is 850 g/mol. The molecule has 2 heterocycles. The molecule has 3 aromatic rings. The number of aromatic amines is 2. The number of aromatic nitrogens is 4. The van der Waals surface area contributed by atoms with Gasteiger partial charge in [0.2, 0.25) is 23.6 Å². The summed E-state index contributed by atoms with van der Waals surface area (Å²) in [5.74, 6) is -5.65. The number of thioether (sulfide) groups is 1. The summed E-state index contributed by atoms with van der Waals surface area (Å²) in [6.07, 6.45) is 8.73. The van der Waals surface area contributed by atoms with E-state index in [-0.39, 0.29) is 68.3 Å². The highest BCUT2D eigenvalue weighted by Gasteiger charge is 2.35. The fourth-order valence-corrected chi connectivity index (χ4v) is 7.48. The Labute approximate surface area is 356 Å². The number of phenolic OH excluding ortho intramolecular Hbond substituents is 1. The largest absolute Gasteiger partial charge is 0.508 e. The van der Waals surface area contributed by atoms with Crippen LogP contribution in [-0.2, 0) is 52.8 Å². The smallest absolute Gasteiger partial charge is 0.240 e.